The molecule has 1 fully saturated rings. The van der Waals surface area contributed by atoms with E-state index in [1.807, 2.05) is 6.07 Å². The molecule has 0 heterocycles. The Labute approximate surface area is 172 Å². The van der Waals surface area contributed by atoms with Crippen molar-refractivity contribution in [3.05, 3.63) is 63.9 Å². The predicted octanol–water partition coefficient (Wildman–Crippen LogP) is 6.24. The summed E-state index contributed by atoms with van der Waals surface area (Å²) in [6.07, 6.45) is 4.58. The molecule has 3 heteroatoms. The molecule has 2 nitrogen and oxygen atoms in total. The van der Waals surface area contributed by atoms with Crippen molar-refractivity contribution in [2.45, 2.75) is 71.7 Å². The van der Waals surface area contributed by atoms with E-state index < -0.39 is 8.07 Å². The first-order valence-electron chi connectivity index (χ1n) is 10.5. The first kappa shape index (κ1) is 21.1. The van der Waals surface area contributed by atoms with Gasteiger partial charge in [-0.15, -0.1) is 0 Å². The Hall–Kier alpha value is -1.58. The number of allylic oxidation sites excluding steroid dienone is 4. The van der Waals surface area contributed by atoms with Gasteiger partial charge < -0.3 is 9.84 Å². The molecular weight excluding hydrogens is 360 g/mol. The zero-order chi connectivity index (χ0) is 20.7. The number of benzene rings is 1. The Morgan fingerprint density at radius 1 is 1.29 bits per heavy atom. The number of hydrogen-bond donors (Lipinski definition) is 1. The largest absolute Gasteiger partial charge is 0.497 e. The second-order valence-electron chi connectivity index (χ2n) is 9.99. The molecule has 2 aliphatic carbocycles. The van der Waals surface area contributed by atoms with E-state index in [1.165, 1.54) is 27.9 Å². The van der Waals surface area contributed by atoms with Gasteiger partial charge in [0, 0.05) is 0 Å². The fraction of sp³-hybridized carbons (Fsp3) is 0.520. The SMILES string of the molecule is C=C(C)C1=C([Si](C)(C)C)C[C@]2(C)C[C@H](O)CC2=C1CCc1cccc(OC)c1. The molecule has 152 valence electrons. The van der Waals surface area contributed by atoms with Crippen LogP contribution in [0.4, 0.5) is 0 Å². The number of methoxy groups -OCH3 is 1. The molecule has 1 aromatic rings. The summed E-state index contributed by atoms with van der Waals surface area (Å²) in [4.78, 5) is 0. The molecule has 0 radical (unpaired) electrons. The standard InChI is InChI=1S/C25H36O2Si/c1-17(2)24-21(12-11-18-9-8-10-20(13-18)27-4)22-14-19(26)15-25(22,3)16-23(24)28(5,6)7/h8-10,13,19,26H,1,11-12,14-16H2,2-7H3/t19-,25+/m1/s1. The molecule has 0 aromatic heterocycles. The molecule has 2 atom stereocenters. The van der Waals surface area contributed by atoms with Crippen LogP contribution < -0.4 is 4.74 Å². The van der Waals surface area contributed by atoms with Crippen LogP contribution in [0.3, 0.4) is 0 Å². The number of hydrogen-bond acceptors (Lipinski definition) is 2. The summed E-state index contributed by atoms with van der Waals surface area (Å²) in [6, 6.07) is 8.39. The zero-order valence-electron chi connectivity index (χ0n) is 18.5. The summed E-state index contributed by atoms with van der Waals surface area (Å²) in [5, 5.41) is 12.2. The maximum absolute atomic E-state index is 10.5. The van der Waals surface area contributed by atoms with Gasteiger partial charge in [0.05, 0.1) is 21.3 Å². The quantitative estimate of drug-likeness (QED) is 0.577. The van der Waals surface area contributed by atoms with Gasteiger partial charge in [0.25, 0.3) is 0 Å². The summed E-state index contributed by atoms with van der Waals surface area (Å²) < 4.78 is 5.40. The molecule has 2 aliphatic rings. The average molecular weight is 397 g/mol. The normalized spacial score (nSPS) is 25.2. The average Bonchev–Trinajstić information content (AvgIpc) is 2.92. The second-order valence-corrected chi connectivity index (χ2v) is 15.1. The monoisotopic (exact) mass is 396 g/mol. The molecule has 0 amide bonds. The number of aliphatic hydroxyl groups excluding tert-OH is 1. The minimum atomic E-state index is -1.49. The lowest BCUT2D eigenvalue weighted by Gasteiger charge is -2.41. The van der Waals surface area contributed by atoms with Crippen LogP contribution in [0.1, 0.15) is 45.1 Å². The Morgan fingerprint density at radius 3 is 2.61 bits per heavy atom. The lowest BCUT2D eigenvalue weighted by atomic mass is 9.71. The zero-order valence-corrected chi connectivity index (χ0v) is 19.5. The van der Waals surface area contributed by atoms with Crippen LogP contribution in [0.25, 0.3) is 0 Å². The van der Waals surface area contributed by atoms with E-state index in [9.17, 15) is 5.11 Å². The Kier molecular flexibility index (Phi) is 5.80. The molecule has 0 saturated heterocycles. The summed E-state index contributed by atoms with van der Waals surface area (Å²) in [5.41, 5.74) is 6.99. The van der Waals surface area contributed by atoms with Crippen molar-refractivity contribution in [3.8, 4) is 5.75 Å². The summed E-state index contributed by atoms with van der Waals surface area (Å²) >= 11 is 0. The highest BCUT2D eigenvalue weighted by atomic mass is 28.3. The number of aryl methyl sites for hydroxylation is 1. The third kappa shape index (κ3) is 4.06. The highest BCUT2D eigenvalue weighted by Gasteiger charge is 2.46. The van der Waals surface area contributed by atoms with Crippen molar-refractivity contribution >= 4 is 8.07 Å². The molecular formula is C25H36O2Si. The van der Waals surface area contributed by atoms with Crippen molar-refractivity contribution in [3.63, 3.8) is 0 Å². The molecule has 0 unspecified atom stereocenters. The highest BCUT2D eigenvalue weighted by Crippen LogP contribution is 2.56. The van der Waals surface area contributed by atoms with Crippen LogP contribution >= 0.6 is 0 Å². The topological polar surface area (TPSA) is 29.5 Å². The number of aliphatic hydroxyl groups is 1. The molecule has 1 saturated carbocycles. The van der Waals surface area contributed by atoms with Gasteiger partial charge >= 0.3 is 0 Å². The van der Waals surface area contributed by atoms with Crippen molar-refractivity contribution in [1.29, 1.82) is 0 Å². The molecule has 0 spiro atoms. The van der Waals surface area contributed by atoms with Gasteiger partial charge in [0.1, 0.15) is 5.75 Å². The van der Waals surface area contributed by atoms with Crippen LogP contribution in [-0.2, 0) is 6.42 Å². The lowest BCUT2D eigenvalue weighted by Crippen LogP contribution is -2.34. The molecule has 28 heavy (non-hydrogen) atoms. The van der Waals surface area contributed by atoms with Crippen LogP contribution in [0.5, 0.6) is 5.75 Å². The Morgan fingerprint density at radius 2 is 2.00 bits per heavy atom. The van der Waals surface area contributed by atoms with E-state index in [4.69, 9.17) is 4.74 Å². The minimum absolute atomic E-state index is 0.109. The van der Waals surface area contributed by atoms with Crippen LogP contribution in [0.2, 0.25) is 19.6 Å². The van der Waals surface area contributed by atoms with E-state index in [-0.39, 0.29) is 11.5 Å². The first-order chi connectivity index (χ1) is 13.0. The van der Waals surface area contributed by atoms with Gasteiger partial charge in [0.2, 0.25) is 0 Å². The molecule has 3 rings (SSSR count). The summed E-state index contributed by atoms with van der Waals surface area (Å²) in [7, 11) is 0.228. The van der Waals surface area contributed by atoms with E-state index in [0.717, 1.165) is 37.9 Å². The van der Waals surface area contributed by atoms with E-state index in [2.05, 4.69) is 58.3 Å². The second kappa shape index (κ2) is 7.68. The van der Waals surface area contributed by atoms with Crippen molar-refractivity contribution < 1.29 is 9.84 Å². The lowest BCUT2D eigenvalue weighted by molar-refractivity contribution is 0.164. The fourth-order valence-corrected chi connectivity index (χ4v) is 7.24. The van der Waals surface area contributed by atoms with Crippen LogP contribution in [0.15, 0.2) is 58.3 Å². The minimum Gasteiger partial charge on any atom is -0.497 e. The maximum Gasteiger partial charge on any atom is 0.119 e. The molecule has 1 aromatic carbocycles. The van der Waals surface area contributed by atoms with E-state index >= 15 is 0 Å². The van der Waals surface area contributed by atoms with Gasteiger partial charge in [0.15, 0.2) is 0 Å². The van der Waals surface area contributed by atoms with Gasteiger partial charge in [-0.25, -0.2) is 0 Å². The van der Waals surface area contributed by atoms with Crippen LogP contribution in [0, 0.1) is 5.41 Å². The number of fused-ring (bicyclic) bond motifs is 1. The smallest absolute Gasteiger partial charge is 0.119 e. The fourth-order valence-electron chi connectivity index (χ4n) is 5.20. The van der Waals surface area contributed by atoms with Crippen molar-refractivity contribution in [2.75, 3.05) is 7.11 Å². The molecule has 0 bridgehead atoms. The molecule has 1 N–H and O–H groups in total. The summed E-state index contributed by atoms with van der Waals surface area (Å²) in [5.74, 6) is 0.915. The van der Waals surface area contributed by atoms with Gasteiger partial charge in [-0.05, 0) is 73.3 Å². The van der Waals surface area contributed by atoms with Crippen LogP contribution in [-0.4, -0.2) is 26.4 Å². The van der Waals surface area contributed by atoms with E-state index in [1.54, 1.807) is 12.3 Å². The van der Waals surface area contributed by atoms with E-state index in [0.29, 0.717) is 0 Å². The first-order valence-corrected chi connectivity index (χ1v) is 14.0. The highest BCUT2D eigenvalue weighted by molar-refractivity contribution is 6.83. The van der Waals surface area contributed by atoms with Gasteiger partial charge in [-0.2, -0.15) is 0 Å². The van der Waals surface area contributed by atoms with Gasteiger partial charge in [-0.1, -0.05) is 61.6 Å². The number of rotatable bonds is 6. The van der Waals surface area contributed by atoms with Gasteiger partial charge in [-0.3, -0.25) is 0 Å². The third-order valence-corrected chi connectivity index (χ3v) is 8.76. The van der Waals surface area contributed by atoms with Crippen molar-refractivity contribution in [1.82, 2.24) is 0 Å². The Bertz CT molecular complexity index is 840. The van der Waals surface area contributed by atoms with Crippen molar-refractivity contribution in [2.24, 2.45) is 5.41 Å². The third-order valence-electron chi connectivity index (χ3n) is 6.52. The number of ether oxygens (including phenoxy) is 1. The maximum atomic E-state index is 10.5. The summed E-state index contributed by atoms with van der Waals surface area (Å²) in [6.45, 7) is 16.3. The Balaban J connectivity index is 2.06. The predicted molar refractivity (Wildman–Crippen MR) is 121 cm³/mol. The molecule has 0 aliphatic heterocycles.